The van der Waals surface area contributed by atoms with Crippen LogP contribution in [0.4, 0.5) is 13.2 Å². The Morgan fingerprint density at radius 2 is 1.74 bits per heavy atom. The summed E-state index contributed by atoms with van der Waals surface area (Å²) in [5.74, 6) is 0.860. The molecule has 0 saturated carbocycles. The lowest BCUT2D eigenvalue weighted by molar-refractivity contribution is -0.138. The van der Waals surface area contributed by atoms with Gasteiger partial charge in [-0.2, -0.15) is 18.4 Å². The van der Waals surface area contributed by atoms with E-state index in [-0.39, 0.29) is 5.88 Å². The number of rotatable bonds is 7. The first kappa shape index (κ1) is 39.3. The molecule has 1 saturated heterocycles. The van der Waals surface area contributed by atoms with Gasteiger partial charge in [-0.25, -0.2) is 12.7 Å². The third-order valence-corrected chi connectivity index (χ3v) is 8.30. The normalized spacial score (nSPS) is 15.0. The number of halogens is 4. The minimum absolute atomic E-state index is 0.183. The smallest absolute Gasteiger partial charge is 0.283 e. The SMILES string of the molecule is C=NCS(=O)(=O)N1CCC(C(C)C)C1.CC/C=C\CC.CCc1ccccc1C(F)(F)F.Cc1ccc(C#N)c(Cl)c1. The van der Waals surface area contributed by atoms with E-state index in [1.54, 1.807) is 25.1 Å². The number of alkyl halides is 3. The van der Waals surface area contributed by atoms with E-state index in [2.05, 4.69) is 51.6 Å². The summed E-state index contributed by atoms with van der Waals surface area (Å²) in [5, 5.41) is 9.00. The average molecular weight is 628 g/mol. The Hall–Kier alpha value is -2.67. The second kappa shape index (κ2) is 20.3. The molecule has 0 aliphatic carbocycles. The molecule has 234 valence electrons. The van der Waals surface area contributed by atoms with Crippen molar-refractivity contribution >= 4 is 28.3 Å². The number of sulfonamides is 1. The average Bonchev–Trinajstić information content (AvgIpc) is 3.45. The van der Waals surface area contributed by atoms with Gasteiger partial charge >= 0.3 is 6.18 Å². The number of aryl methyl sites for hydroxylation is 2. The Balaban J connectivity index is 0.000000554. The standard InChI is InChI=1S/C9H9F3.C9H18N2O2S.C8H6ClN.C6H12/c1-2-7-5-3-4-6-8(7)9(10,11)12;1-8(2)9-4-5-11(6-9)14(12,13)7-10-3;1-6-2-3-7(5-10)8(9)4-6;1-3-5-6-4-2/h3-6H,2H2,1H3;8-9H,3-7H2,1-2H3;2-4H,1H3;5-6H,3-4H2,1-2H3/b;;;6-5-. The van der Waals surface area contributed by atoms with Gasteiger partial charge in [0.15, 0.2) is 5.88 Å². The zero-order valence-corrected chi connectivity index (χ0v) is 27.2. The van der Waals surface area contributed by atoms with E-state index in [0.717, 1.165) is 18.1 Å². The van der Waals surface area contributed by atoms with Crippen LogP contribution in [0.2, 0.25) is 5.02 Å². The lowest BCUT2D eigenvalue weighted by Crippen LogP contribution is -2.31. The van der Waals surface area contributed by atoms with Crippen molar-refractivity contribution in [2.75, 3.05) is 19.0 Å². The summed E-state index contributed by atoms with van der Waals surface area (Å²) in [6, 6.07) is 13.0. The molecule has 10 heteroatoms. The first-order valence-electron chi connectivity index (χ1n) is 14.0. The molecule has 1 unspecified atom stereocenters. The molecule has 0 N–H and O–H groups in total. The van der Waals surface area contributed by atoms with E-state index in [0.29, 0.717) is 47.5 Å². The molecule has 1 aliphatic heterocycles. The summed E-state index contributed by atoms with van der Waals surface area (Å²) in [7, 11) is -3.17. The summed E-state index contributed by atoms with van der Waals surface area (Å²) in [6.45, 7) is 16.7. The molecular formula is C32H45ClF3N3O2S. The molecule has 42 heavy (non-hydrogen) atoms. The van der Waals surface area contributed by atoms with E-state index < -0.39 is 21.8 Å². The molecule has 0 spiro atoms. The number of aliphatic imine (C=N–C) groups is 1. The van der Waals surface area contributed by atoms with Crippen LogP contribution in [-0.4, -0.2) is 38.4 Å². The van der Waals surface area contributed by atoms with Crippen LogP contribution in [0.25, 0.3) is 0 Å². The van der Waals surface area contributed by atoms with Crippen molar-refractivity contribution in [3.63, 3.8) is 0 Å². The number of allylic oxidation sites excluding steroid dienone is 2. The Bertz CT molecular complexity index is 1250. The summed E-state index contributed by atoms with van der Waals surface area (Å²) in [6.07, 6.45) is 3.87. The van der Waals surface area contributed by atoms with E-state index in [1.165, 1.54) is 29.3 Å². The van der Waals surface area contributed by atoms with Crippen molar-refractivity contribution in [2.24, 2.45) is 16.8 Å². The van der Waals surface area contributed by atoms with Crippen LogP contribution in [0, 0.1) is 30.1 Å². The fraction of sp³-hybridized carbons (Fsp3) is 0.500. The lowest BCUT2D eigenvalue weighted by atomic mass is 9.96. The van der Waals surface area contributed by atoms with Gasteiger partial charge in [-0.1, -0.05) is 82.6 Å². The minimum atomic E-state index is -4.22. The quantitative estimate of drug-likeness (QED) is 0.227. The largest absolute Gasteiger partial charge is 0.416 e. The molecule has 1 fully saturated rings. The van der Waals surface area contributed by atoms with Crippen LogP contribution < -0.4 is 0 Å². The third kappa shape index (κ3) is 15.0. The van der Waals surface area contributed by atoms with Gasteiger partial charge < -0.3 is 0 Å². The zero-order valence-electron chi connectivity index (χ0n) is 25.6. The minimum Gasteiger partial charge on any atom is -0.283 e. The predicted octanol–water partition coefficient (Wildman–Crippen LogP) is 9.10. The Morgan fingerprint density at radius 1 is 1.14 bits per heavy atom. The zero-order chi connectivity index (χ0) is 32.3. The first-order chi connectivity index (χ1) is 19.7. The number of benzene rings is 2. The maximum absolute atomic E-state index is 12.2. The van der Waals surface area contributed by atoms with Crippen LogP contribution in [0.15, 0.2) is 59.6 Å². The molecule has 1 aliphatic rings. The van der Waals surface area contributed by atoms with Gasteiger partial charge in [-0.05, 0) is 80.5 Å². The Kier molecular flexibility index (Phi) is 19.0. The van der Waals surface area contributed by atoms with E-state index >= 15 is 0 Å². The van der Waals surface area contributed by atoms with E-state index in [9.17, 15) is 21.6 Å². The van der Waals surface area contributed by atoms with Crippen LogP contribution in [-0.2, 0) is 22.6 Å². The highest BCUT2D eigenvalue weighted by Crippen LogP contribution is 2.31. The second-order valence-electron chi connectivity index (χ2n) is 10.0. The Morgan fingerprint density at radius 3 is 2.14 bits per heavy atom. The first-order valence-corrected chi connectivity index (χ1v) is 16.0. The number of nitriles is 1. The molecule has 5 nitrogen and oxygen atoms in total. The van der Waals surface area contributed by atoms with E-state index in [1.807, 2.05) is 19.1 Å². The van der Waals surface area contributed by atoms with Crippen molar-refractivity contribution in [1.29, 1.82) is 5.26 Å². The monoisotopic (exact) mass is 627 g/mol. The van der Waals surface area contributed by atoms with Crippen molar-refractivity contribution in [2.45, 2.75) is 73.4 Å². The van der Waals surface area contributed by atoms with Gasteiger partial charge in [0.25, 0.3) is 0 Å². The summed E-state index contributed by atoms with van der Waals surface area (Å²) >= 11 is 5.71. The molecular weight excluding hydrogens is 583 g/mol. The van der Waals surface area contributed by atoms with Crippen LogP contribution in [0.1, 0.15) is 76.1 Å². The molecule has 1 heterocycles. The third-order valence-electron chi connectivity index (χ3n) is 6.36. The van der Waals surface area contributed by atoms with Crippen molar-refractivity contribution in [1.82, 2.24) is 4.31 Å². The highest BCUT2D eigenvalue weighted by Gasteiger charge is 2.33. The van der Waals surface area contributed by atoms with Crippen molar-refractivity contribution in [3.8, 4) is 6.07 Å². The fourth-order valence-corrected chi connectivity index (χ4v) is 5.37. The molecule has 1 atom stereocenters. The van der Waals surface area contributed by atoms with Gasteiger partial charge in [0.1, 0.15) is 6.07 Å². The molecule has 0 bridgehead atoms. The van der Waals surface area contributed by atoms with Gasteiger partial charge in [0.05, 0.1) is 16.1 Å². The lowest BCUT2D eigenvalue weighted by Gasteiger charge is -2.16. The van der Waals surface area contributed by atoms with Crippen molar-refractivity contribution in [3.05, 3.63) is 81.9 Å². The highest BCUT2D eigenvalue weighted by molar-refractivity contribution is 7.89. The van der Waals surface area contributed by atoms with Gasteiger partial charge in [0.2, 0.25) is 10.0 Å². The van der Waals surface area contributed by atoms with Gasteiger partial charge in [0, 0.05) is 13.1 Å². The maximum atomic E-state index is 12.2. The van der Waals surface area contributed by atoms with Gasteiger partial charge in [-0.3, -0.25) is 4.99 Å². The maximum Gasteiger partial charge on any atom is 0.416 e. The van der Waals surface area contributed by atoms with Crippen LogP contribution >= 0.6 is 11.6 Å². The molecule has 0 aromatic heterocycles. The van der Waals surface area contributed by atoms with Crippen LogP contribution in [0.3, 0.4) is 0 Å². The molecule has 2 aromatic rings. The molecule has 3 rings (SSSR count). The summed E-state index contributed by atoms with van der Waals surface area (Å²) < 4.78 is 61.4. The highest BCUT2D eigenvalue weighted by atomic mass is 35.5. The number of hydrogen-bond donors (Lipinski definition) is 0. The van der Waals surface area contributed by atoms with Gasteiger partial charge in [-0.15, -0.1) is 0 Å². The predicted molar refractivity (Wildman–Crippen MR) is 169 cm³/mol. The summed E-state index contributed by atoms with van der Waals surface area (Å²) in [4.78, 5) is 3.44. The fourth-order valence-electron chi connectivity index (χ4n) is 3.90. The molecule has 0 amide bonds. The van der Waals surface area contributed by atoms with Crippen LogP contribution in [0.5, 0.6) is 0 Å². The Labute approximate surface area is 256 Å². The van der Waals surface area contributed by atoms with E-state index in [4.69, 9.17) is 16.9 Å². The number of hydrogen-bond acceptors (Lipinski definition) is 4. The number of nitrogens with zero attached hydrogens (tertiary/aromatic N) is 3. The summed E-state index contributed by atoms with van der Waals surface area (Å²) in [5.41, 5.74) is 1.44. The second-order valence-corrected chi connectivity index (χ2v) is 12.4. The molecule has 0 radical (unpaired) electrons. The topological polar surface area (TPSA) is 73.5 Å². The molecule has 2 aromatic carbocycles. The van der Waals surface area contributed by atoms with Crippen molar-refractivity contribution < 1.29 is 21.6 Å².